The van der Waals surface area contributed by atoms with Gasteiger partial charge in [-0.1, -0.05) is 12.1 Å². The third-order valence-corrected chi connectivity index (χ3v) is 5.11. The van der Waals surface area contributed by atoms with Crippen LogP contribution in [0.3, 0.4) is 0 Å². The van der Waals surface area contributed by atoms with Crippen LogP contribution in [0.5, 0.6) is 11.5 Å². The van der Waals surface area contributed by atoms with E-state index in [2.05, 4.69) is 20.5 Å². The standard InChI is InChI=1S/C21H34F2N4O3/c1-4-29-18-7-5-6-17(19(18)30-20(22)23)15-26-21(24-2)25-14-16-8-10-27(11-9-16)12-13-28-3/h5-7,16,20H,4,8-15H2,1-3H3,(H2,24,25,26). The van der Waals surface area contributed by atoms with E-state index in [0.717, 1.165) is 45.6 Å². The van der Waals surface area contributed by atoms with Gasteiger partial charge in [0.05, 0.1) is 13.2 Å². The van der Waals surface area contributed by atoms with Crippen LogP contribution in [0.15, 0.2) is 23.2 Å². The number of hydrogen-bond donors (Lipinski definition) is 2. The topological polar surface area (TPSA) is 67.4 Å². The SMILES string of the molecule is CCOc1cccc(CNC(=NC)NCC2CCN(CCOC)CC2)c1OC(F)F. The van der Waals surface area contributed by atoms with Gasteiger partial charge in [0, 0.05) is 39.4 Å². The Morgan fingerprint density at radius 3 is 2.67 bits per heavy atom. The van der Waals surface area contributed by atoms with Crippen LogP contribution in [-0.4, -0.2) is 71.0 Å². The minimum Gasteiger partial charge on any atom is -0.490 e. The number of alkyl halides is 2. The summed E-state index contributed by atoms with van der Waals surface area (Å²) in [5.74, 6) is 1.56. The zero-order valence-electron chi connectivity index (χ0n) is 18.1. The summed E-state index contributed by atoms with van der Waals surface area (Å²) in [6, 6.07) is 5.11. The number of rotatable bonds is 11. The number of benzene rings is 1. The fourth-order valence-corrected chi connectivity index (χ4v) is 3.47. The first-order valence-corrected chi connectivity index (χ1v) is 10.4. The molecule has 0 saturated carbocycles. The third-order valence-electron chi connectivity index (χ3n) is 5.11. The molecule has 0 spiro atoms. The summed E-state index contributed by atoms with van der Waals surface area (Å²) in [6.07, 6.45) is 2.24. The Balaban J connectivity index is 1.85. The highest BCUT2D eigenvalue weighted by Crippen LogP contribution is 2.32. The van der Waals surface area contributed by atoms with E-state index < -0.39 is 6.61 Å². The molecule has 0 unspecified atom stereocenters. The number of piperidine rings is 1. The molecule has 2 N–H and O–H groups in total. The van der Waals surface area contributed by atoms with Crippen LogP contribution in [-0.2, 0) is 11.3 Å². The number of halogens is 2. The molecule has 170 valence electrons. The van der Waals surface area contributed by atoms with Crippen molar-refractivity contribution in [1.82, 2.24) is 15.5 Å². The van der Waals surface area contributed by atoms with Crippen molar-refractivity contribution in [2.75, 3.05) is 53.6 Å². The lowest BCUT2D eigenvalue weighted by Gasteiger charge is -2.32. The normalized spacial score (nSPS) is 16.0. The highest BCUT2D eigenvalue weighted by atomic mass is 19.3. The summed E-state index contributed by atoms with van der Waals surface area (Å²) in [6.45, 7) is 4.23. The molecule has 1 heterocycles. The smallest absolute Gasteiger partial charge is 0.387 e. The second kappa shape index (κ2) is 13.2. The largest absolute Gasteiger partial charge is 0.490 e. The first-order valence-electron chi connectivity index (χ1n) is 10.4. The molecular formula is C21H34F2N4O3. The molecule has 1 aliphatic heterocycles. The van der Waals surface area contributed by atoms with Crippen LogP contribution in [0.4, 0.5) is 8.78 Å². The molecule has 0 atom stereocenters. The second-order valence-corrected chi connectivity index (χ2v) is 7.14. The van der Waals surface area contributed by atoms with E-state index in [0.29, 0.717) is 29.8 Å². The van der Waals surface area contributed by atoms with Crippen molar-refractivity contribution in [1.29, 1.82) is 0 Å². The summed E-state index contributed by atoms with van der Waals surface area (Å²) in [4.78, 5) is 6.66. The highest BCUT2D eigenvalue weighted by molar-refractivity contribution is 5.79. The molecule has 2 rings (SSSR count). The molecular weight excluding hydrogens is 394 g/mol. The second-order valence-electron chi connectivity index (χ2n) is 7.14. The summed E-state index contributed by atoms with van der Waals surface area (Å²) >= 11 is 0. The number of aliphatic imine (C=N–C) groups is 1. The average Bonchev–Trinajstić information content (AvgIpc) is 2.75. The van der Waals surface area contributed by atoms with Gasteiger partial charge in [-0.2, -0.15) is 8.78 Å². The molecule has 1 fully saturated rings. The van der Waals surface area contributed by atoms with Crippen molar-refractivity contribution in [3.63, 3.8) is 0 Å². The van der Waals surface area contributed by atoms with Gasteiger partial charge in [-0.05, 0) is 44.8 Å². The quantitative estimate of drug-likeness (QED) is 0.417. The van der Waals surface area contributed by atoms with Crippen molar-refractivity contribution in [3.8, 4) is 11.5 Å². The van der Waals surface area contributed by atoms with Crippen LogP contribution < -0.4 is 20.1 Å². The van der Waals surface area contributed by atoms with Crippen LogP contribution in [0.2, 0.25) is 0 Å². The van der Waals surface area contributed by atoms with Gasteiger partial charge >= 0.3 is 6.61 Å². The van der Waals surface area contributed by atoms with E-state index in [9.17, 15) is 8.78 Å². The van der Waals surface area contributed by atoms with Crippen molar-refractivity contribution >= 4 is 5.96 Å². The van der Waals surface area contributed by atoms with Gasteiger partial charge in [-0.15, -0.1) is 0 Å². The number of ether oxygens (including phenoxy) is 3. The van der Waals surface area contributed by atoms with Crippen LogP contribution >= 0.6 is 0 Å². The lowest BCUT2D eigenvalue weighted by molar-refractivity contribution is -0.0520. The number of nitrogens with one attached hydrogen (secondary N) is 2. The van der Waals surface area contributed by atoms with Gasteiger partial charge in [0.15, 0.2) is 17.5 Å². The Kier molecular flexibility index (Phi) is 10.6. The molecule has 1 aromatic rings. The summed E-state index contributed by atoms with van der Waals surface area (Å²) in [5.41, 5.74) is 0.579. The minimum absolute atomic E-state index is 0.0562. The number of hydrogen-bond acceptors (Lipinski definition) is 5. The lowest BCUT2D eigenvalue weighted by Crippen LogP contribution is -2.43. The van der Waals surface area contributed by atoms with Gasteiger partial charge in [0.1, 0.15) is 0 Å². The Labute approximate surface area is 177 Å². The van der Waals surface area contributed by atoms with E-state index >= 15 is 0 Å². The zero-order chi connectivity index (χ0) is 21.8. The predicted octanol–water partition coefficient (Wildman–Crippen LogP) is 2.71. The molecule has 1 aromatic carbocycles. The number of nitrogens with zero attached hydrogens (tertiary/aromatic N) is 2. The summed E-state index contributed by atoms with van der Waals surface area (Å²) in [5, 5.41) is 6.52. The molecule has 1 saturated heterocycles. The molecule has 0 aromatic heterocycles. The maximum absolute atomic E-state index is 12.9. The number of para-hydroxylation sites is 1. The Morgan fingerprint density at radius 1 is 1.27 bits per heavy atom. The molecule has 0 aliphatic carbocycles. The van der Waals surface area contributed by atoms with E-state index in [1.807, 2.05) is 0 Å². The van der Waals surface area contributed by atoms with Gasteiger partial charge in [0.2, 0.25) is 0 Å². The Bertz CT molecular complexity index is 653. The van der Waals surface area contributed by atoms with Gasteiger partial charge in [-0.25, -0.2) is 0 Å². The predicted molar refractivity (Wildman–Crippen MR) is 113 cm³/mol. The number of likely N-dealkylation sites (tertiary alicyclic amines) is 1. The first-order chi connectivity index (χ1) is 14.6. The molecule has 0 radical (unpaired) electrons. The monoisotopic (exact) mass is 428 g/mol. The maximum atomic E-state index is 12.9. The molecule has 9 heteroatoms. The summed E-state index contributed by atoms with van der Waals surface area (Å²) < 4.78 is 41.0. The number of guanidine groups is 1. The van der Waals surface area contributed by atoms with Crippen molar-refractivity contribution in [2.24, 2.45) is 10.9 Å². The van der Waals surface area contributed by atoms with Crippen LogP contribution in [0, 0.1) is 5.92 Å². The minimum atomic E-state index is -2.92. The van der Waals surface area contributed by atoms with E-state index in [1.165, 1.54) is 0 Å². The summed E-state index contributed by atoms with van der Waals surface area (Å²) in [7, 11) is 3.42. The first kappa shape index (κ1) is 24.1. The van der Waals surface area contributed by atoms with Crippen LogP contribution in [0.1, 0.15) is 25.3 Å². The van der Waals surface area contributed by atoms with Crippen LogP contribution in [0.25, 0.3) is 0 Å². The molecule has 1 aliphatic rings. The van der Waals surface area contributed by atoms with Crippen molar-refractivity contribution < 1.29 is 23.0 Å². The maximum Gasteiger partial charge on any atom is 0.387 e. The molecule has 0 amide bonds. The van der Waals surface area contributed by atoms with Gasteiger partial charge in [-0.3, -0.25) is 4.99 Å². The number of methoxy groups -OCH3 is 1. The van der Waals surface area contributed by atoms with E-state index in [-0.39, 0.29) is 12.3 Å². The zero-order valence-corrected chi connectivity index (χ0v) is 18.1. The highest BCUT2D eigenvalue weighted by Gasteiger charge is 2.19. The lowest BCUT2D eigenvalue weighted by atomic mass is 9.97. The van der Waals surface area contributed by atoms with Crippen molar-refractivity contribution in [3.05, 3.63) is 23.8 Å². The van der Waals surface area contributed by atoms with Gasteiger partial charge < -0.3 is 29.7 Å². The third kappa shape index (κ3) is 7.95. The Morgan fingerprint density at radius 2 is 2.03 bits per heavy atom. The van der Waals surface area contributed by atoms with Crippen molar-refractivity contribution in [2.45, 2.75) is 32.9 Å². The molecule has 7 nitrogen and oxygen atoms in total. The fourth-order valence-electron chi connectivity index (χ4n) is 3.47. The van der Waals surface area contributed by atoms with E-state index in [4.69, 9.17) is 14.2 Å². The van der Waals surface area contributed by atoms with E-state index in [1.54, 1.807) is 39.3 Å². The molecule has 0 bridgehead atoms. The average molecular weight is 429 g/mol. The Hall–Kier alpha value is -2.13. The fraction of sp³-hybridized carbons (Fsp3) is 0.667. The van der Waals surface area contributed by atoms with Gasteiger partial charge in [0.25, 0.3) is 0 Å². The molecule has 30 heavy (non-hydrogen) atoms.